The highest BCUT2D eigenvalue weighted by atomic mass is 16.5. The quantitative estimate of drug-likeness (QED) is 0.770. The molecule has 0 amide bonds. The largest absolute Gasteiger partial charge is 0.377 e. The first-order chi connectivity index (χ1) is 7.77. The normalized spacial score (nSPS) is 22.6. The van der Waals surface area contributed by atoms with E-state index in [1.807, 2.05) is 0 Å². The van der Waals surface area contributed by atoms with Crippen LogP contribution in [0.3, 0.4) is 0 Å². The van der Waals surface area contributed by atoms with E-state index in [0.29, 0.717) is 12.1 Å². The molecule has 0 radical (unpaired) electrons. The number of benzene rings is 1. The molecule has 1 aliphatic rings. The molecule has 2 heteroatoms. The van der Waals surface area contributed by atoms with Gasteiger partial charge in [0.2, 0.25) is 0 Å². The summed E-state index contributed by atoms with van der Waals surface area (Å²) in [5, 5.41) is 0. The highest BCUT2D eigenvalue weighted by Crippen LogP contribution is 2.21. The molecular formula is C14H21NO. The zero-order chi connectivity index (χ0) is 11.4. The highest BCUT2D eigenvalue weighted by Gasteiger charge is 2.27. The van der Waals surface area contributed by atoms with Gasteiger partial charge in [0.25, 0.3) is 0 Å². The van der Waals surface area contributed by atoms with Gasteiger partial charge in [-0.15, -0.1) is 0 Å². The first-order valence-corrected chi connectivity index (χ1v) is 6.09. The third kappa shape index (κ3) is 2.83. The maximum Gasteiger partial charge on any atom is 0.0734 e. The Morgan fingerprint density at radius 2 is 2.06 bits per heavy atom. The Morgan fingerprint density at radius 3 is 2.62 bits per heavy atom. The zero-order valence-corrected chi connectivity index (χ0v) is 10.2. The third-order valence-corrected chi connectivity index (χ3v) is 3.35. The molecule has 1 aromatic rings. The summed E-state index contributed by atoms with van der Waals surface area (Å²) in [6.45, 7) is 0.934. The van der Waals surface area contributed by atoms with Crippen LogP contribution in [0.1, 0.15) is 18.4 Å². The summed E-state index contributed by atoms with van der Waals surface area (Å²) in [6, 6.07) is 11.2. The fourth-order valence-corrected chi connectivity index (χ4v) is 2.41. The molecule has 0 unspecified atom stereocenters. The van der Waals surface area contributed by atoms with Crippen molar-refractivity contribution in [2.45, 2.75) is 31.4 Å². The van der Waals surface area contributed by atoms with Gasteiger partial charge in [-0.2, -0.15) is 0 Å². The van der Waals surface area contributed by atoms with Gasteiger partial charge < -0.3 is 9.64 Å². The van der Waals surface area contributed by atoms with Gasteiger partial charge in [0.15, 0.2) is 0 Å². The molecule has 1 fully saturated rings. The molecule has 2 nitrogen and oxygen atoms in total. The van der Waals surface area contributed by atoms with Gasteiger partial charge in [0, 0.05) is 12.6 Å². The van der Waals surface area contributed by atoms with Crippen LogP contribution in [-0.4, -0.2) is 37.7 Å². The molecule has 0 aromatic heterocycles. The Kier molecular flexibility index (Phi) is 3.97. The Balaban J connectivity index is 2.02. The van der Waals surface area contributed by atoms with Crippen molar-refractivity contribution in [2.75, 3.05) is 20.7 Å². The van der Waals surface area contributed by atoms with E-state index in [9.17, 15) is 0 Å². The fraction of sp³-hybridized carbons (Fsp3) is 0.571. The first kappa shape index (κ1) is 11.6. The van der Waals surface area contributed by atoms with E-state index in [4.69, 9.17) is 4.74 Å². The maximum atomic E-state index is 5.81. The second kappa shape index (κ2) is 5.46. The van der Waals surface area contributed by atoms with Crippen LogP contribution in [-0.2, 0) is 11.2 Å². The summed E-state index contributed by atoms with van der Waals surface area (Å²) in [7, 11) is 4.30. The lowest BCUT2D eigenvalue weighted by Crippen LogP contribution is -2.40. The summed E-state index contributed by atoms with van der Waals surface area (Å²) < 4.78 is 5.81. The molecule has 2 atom stereocenters. The second-order valence-electron chi connectivity index (χ2n) is 4.77. The Bertz CT molecular complexity index is 304. The van der Waals surface area contributed by atoms with Gasteiger partial charge in [-0.1, -0.05) is 30.3 Å². The molecule has 0 saturated carbocycles. The van der Waals surface area contributed by atoms with Gasteiger partial charge in [0.05, 0.1) is 6.10 Å². The van der Waals surface area contributed by atoms with E-state index >= 15 is 0 Å². The standard InChI is InChI=1S/C14H21NO/c1-15(2)13(14-9-6-10-16-14)11-12-7-4-3-5-8-12/h3-5,7-8,13-14H,6,9-11H2,1-2H3/t13-,14+/m1/s1. The minimum atomic E-state index is 0.412. The van der Waals surface area contributed by atoms with E-state index in [2.05, 4.69) is 49.3 Å². The van der Waals surface area contributed by atoms with Crippen LogP contribution in [0.25, 0.3) is 0 Å². The lowest BCUT2D eigenvalue weighted by molar-refractivity contribution is 0.0430. The smallest absolute Gasteiger partial charge is 0.0734 e. The molecule has 0 bridgehead atoms. The van der Waals surface area contributed by atoms with Crippen molar-refractivity contribution in [1.29, 1.82) is 0 Å². The Morgan fingerprint density at radius 1 is 1.31 bits per heavy atom. The molecule has 1 heterocycles. The zero-order valence-electron chi connectivity index (χ0n) is 10.2. The summed E-state index contributed by atoms with van der Waals surface area (Å²) in [5.74, 6) is 0. The van der Waals surface area contributed by atoms with Crippen LogP contribution < -0.4 is 0 Å². The Hall–Kier alpha value is -0.860. The van der Waals surface area contributed by atoms with Gasteiger partial charge in [-0.3, -0.25) is 0 Å². The lowest BCUT2D eigenvalue weighted by Gasteiger charge is -2.29. The van der Waals surface area contributed by atoms with Crippen molar-refractivity contribution in [3.8, 4) is 0 Å². The van der Waals surface area contributed by atoms with Crippen molar-refractivity contribution in [2.24, 2.45) is 0 Å². The molecule has 1 saturated heterocycles. The molecule has 0 spiro atoms. The number of likely N-dealkylation sites (N-methyl/N-ethyl adjacent to an activating group) is 1. The number of hydrogen-bond acceptors (Lipinski definition) is 2. The molecule has 1 aliphatic heterocycles. The van der Waals surface area contributed by atoms with Crippen LogP contribution in [0.4, 0.5) is 0 Å². The van der Waals surface area contributed by atoms with Crippen LogP contribution >= 0.6 is 0 Å². The van der Waals surface area contributed by atoms with Gasteiger partial charge in [-0.25, -0.2) is 0 Å². The molecule has 1 aromatic carbocycles. The summed E-state index contributed by atoms with van der Waals surface area (Å²) in [5.41, 5.74) is 1.40. The first-order valence-electron chi connectivity index (χ1n) is 6.09. The van der Waals surface area contributed by atoms with Crippen molar-refractivity contribution >= 4 is 0 Å². The molecule has 0 aliphatic carbocycles. The van der Waals surface area contributed by atoms with E-state index in [-0.39, 0.29) is 0 Å². The van der Waals surface area contributed by atoms with E-state index in [1.165, 1.54) is 18.4 Å². The summed E-state index contributed by atoms with van der Waals surface area (Å²) in [6.07, 6.45) is 3.91. The monoisotopic (exact) mass is 219 g/mol. The highest BCUT2D eigenvalue weighted by molar-refractivity contribution is 5.16. The Labute approximate surface area is 98.2 Å². The average Bonchev–Trinajstić information content (AvgIpc) is 2.80. The van der Waals surface area contributed by atoms with Crippen LogP contribution in [0.2, 0.25) is 0 Å². The van der Waals surface area contributed by atoms with Crippen molar-refractivity contribution in [3.05, 3.63) is 35.9 Å². The minimum Gasteiger partial charge on any atom is -0.377 e. The SMILES string of the molecule is CN(C)[C@H](Cc1ccccc1)[C@@H]1CCCO1. The topological polar surface area (TPSA) is 12.5 Å². The van der Waals surface area contributed by atoms with Crippen LogP contribution in [0.5, 0.6) is 0 Å². The number of nitrogens with zero attached hydrogens (tertiary/aromatic N) is 1. The molecule has 2 rings (SSSR count). The number of ether oxygens (including phenoxy) is 1. The summed E-state index contributed by atoms with van der Waals surface area (Å²) in [4.78, 5) is 2.29. The molecule has 88 valence electrons. The van der Waals surface area contributed by atoms with Gasteiger partial charge in [-0.05, 0) is 38.9 Å². The number of hydrogen-bond donors (Lipinski definition) is 0. The predicted molar refractivity (Wildman–Crippen MR) is 66.6 cm³/mol. The molecule has 0 N–H and O–H groups in total. The molecular weight excluding hydrogens is 198 g/mol. The second-order valence-corrected chi connectivity index (χ2v) is 4.77. The van der Waals surface area contributed by atoms with Crippen molar-refractivity contribution in [1.82, 2.24) is 4.90 Å². The minimum absolute atomic E-state index is 0.412. The van der Waals surface area contributed by atoms with Crippen molar-refractivity contribution in [3.63, 3.8) is 0 Å². The molecule has 16 heavy (non-hydrogen) atoms. The predicted octanol–water partition coefficient (Wildman–Crippen LogP) is 2.34. The average molecular weight is 219 g/mol. The summed E-state index contributed by atoms with van der Waals surface area (Å²) >= 11 is 0. The van der Waals surface area contributed by atoms with E-state index in [1.54, 1.807) is 0 Å². The van der Waals surface area contributed by atoms with Crippen molar-refractivity contribution < 1.29 is 4.74 Å². The van der Waals surface area contributed by atoms with Crippen LogP contribution in [0, 0.1) is 0 Å². The van der Waals surface area contributed by atoms with Gasteiger partial charge in [0.1, 0.15) is 0 Å². The van der Waals surface area contributed by atoms with Crippen LogP contribution in [0.15, 0.2) is 30.3 Å². The van der Waals surface area contributed by atoms with Gasteiger partial charge >= 0.3 is 0 Å². The fourth-order valence-electron chi connectivity index (χ4n) is 2.41. The van der Waals surface area contributed by atoms with E-state index < -0.39 is 0 Å². The lowest BCUT2D eigenvalue weighted by atomic mass is 9.98. The number of rotatable bonds is 4. The van der Waals surface area contributed by atoms with E-state index in [0.717, 1.165) is 13.0 Å². The third-order valence-electron chi connectivity index (χ3n) is 3.35. The maximum absolute atomic E-state index is 5.81.